The van der Waals surface area contributed by atoms with Gasteiger partial charge in [-0.2, -0.15) is 0 Å². The summed E-state index contributed by atoms with van der Waals surface area (Å²) in [4.78, 5) is 11.5. The highest BCUT2D eigenvalue weighted by atomic mass is 35.5. The predicted molar refractivity (Wildman–Crippen MR) is 61.6 cm³/mol. The lowest BCUT2D eigenvalue weighted by atomic mass is 10.2. The van der Waals surface area contributed by atoms with Gasteiger partial charge < -0.3 is 10.1 Å². The van der Waals surface area contributed by atoms with Crippen molar-refractivity contribution in [2.45, 2.75) is 18.7 Å². The number of alkyl halides is 1. The van der Waals surface area contributed by atoms with Crippen LogP contribution in [0.1, 0.15) is 13.3 Å². The molecule has 1 atom stereocenters. The number of halogens is 1. The maximum absolute atomic E-state index is 11.5. The molecule has 0 saturated carbocycles. The molecule has 4 heteroatoms. The van der Waals surface area contributed by atoms with Crippen molar-refractivity contribution in [1.29, 1.82) is 0 Å². The highest BCUT2D eigenvalue weighted by Gasteiger charge is 2.14. The van der Waals surface area contributed by atoms with Crippen LogP contribution in [-0.4, -0.2) is 18.4 Å². The highest BCUT2D eigenvalue weighted by Crippen LogP contribution is 2.23. The second-order valence-electron chi connectivity index (χ2n) is 3.07. The van der Waals surface area contributed by atoms with Crippen molar-refractivity contribution >= 4 is 23.2 Å². The number of carbonyl (C=O) groups is 1. The van der Waals surface area contributed by atoms with Crippen LogP contribution in [0.3, 0.4) is 0 Å². The molecule has 15 heavy (non-hydrogen) atoms. The average Bonchev–Trinajstić information content (AvgIpc) is 2.28. The van der Waals surface area contributed by atoms with E-state index in [-0.39, 0.29) is 5.91 Å². The second-order valence-corrected chi connectivity index (χ2v) is 3.59. The molecule has 0 fully saturated rings. The molecule has 1 rings (SSSR count). The van der Waals surface area contributed by atoms with Crippen LogP contribution in [0.25, 0.3) is 0 Å². The van der Waals surface area contributed by atoms with Crippen LogP contribution in [0.15, 0.2) is 24.3 Å². The van der Waals surface area contributed by atoms with Gasteiger partial charge in [0, 0.05) is 0 Å². The summed E-state index contributed by atoms with van der Waals surface area (Å²) in [6.07, 6.45) is 0.600. The first-order valence-electron chi connectivity index (χ1n) is 4.77. The number of benzene rings is 1. The molecule has 0 spiro atoms. The SMILES string of the molecule is CCC(Cl)C(=O)Nc1ccccc1OC. The van der Waals surface area contributed by atoms with Gasteiger partial charge in [0.1, 0.15) is 11.1 Å². The Hall–Kier alpha value is -1.22. The number of para-hydroxylation sites is 2. The van der Waals surface area contributed by atoms with E-state index in [1.54, 1.807) is 19.2 Å². The summed E-state index contributed by atoms with van der Waals surface area (Å²) in [5, 5.41) is 2.21. The highest BCUT2D eigenvalue weighted by molar-refractivity contribution is 6.32. The number of methoxy groups -OCH3 is 1. The Morgan fingerprint density at radius 2 is 2.20 bits per heavy atom. The fourth-order valence-corrected chi connectivity index (χ4v) is 1.20. The molecule has 0 aliphatic carbocycles. The molecule has 1 amide bonds. The number of amides is 1. The summed E-state index contributed by atoms with van der Waals surface area (Å²) in [5.74, 6) is 0.425. The van der Waals surface area contributed by atoms with E-state index in [2.05, 4.69) is 5.32 Å². The fraction of sp³-hybridized carbons (Fsp3) is 0.364. The van der Waals surface area contributed by atoms with Gasteiger partial charge in [-0.15, -0.1) is 11.6 Å². The number of nitrogens with one attached hydrogen (secondary N) is 1. The van der Waals surface area contributed by atoms with Gasteiger partial charge in [-0.25, -0.2) is 0 Å². The number of carbonyl (C=O) groups excluding carboxylic acids is 1. The molecule has 0 aliphatic heterocycles. The van der Waals surface area contributed by atoms with Crippen LogP contribution >= 0.6 is 11.6 Å². The standard InChI is InChI=1S/C11H14ClNO2/c1-3-8(12)11(14)13-9-6-4-5-7-10(9)15-2/h4-8H,3H2,1-2H3,(H,13,14). The zero-order valence-corrected chi connectivity index (χ0v) is 9.54. The van der Waals surface area contributed by atoms with Crippen molar-refractivity contribution in [2.75, 3.05) is 12.4 Å². The molecule has 1 aromatic rings. The van der Waals surface area contributed by atoms with E-state index in [4.69, 9.17) is 16.3 Å². The summed E-state index contributed by atoms with van der Waals surface area (Å²) >= 11 is 5.81. The lowest BCUT2D eigenvalue weighted by Crippen LogP contribution is -2.22. The van der Waals surface area contributed by atoms with Crippen LogP contribution < -0.4 is 10.1 Å². The lowest BCUT2D eigenvalue weighted by Gasteiger charge is -2.11. The van der Waals surface area contributed by atoms with Crippen molar-refractivity contribution in [3.8, 4) is 5.75 Å². The number of rotatable bonds is 4. The van der Waals surface area contributed by atoms with Crippen molar-refractivity contribution < 1.29 is 9.53 Å². The van der Waals surface area contributed by atoms with Crippen LogP contribution in [0, 0.1) is 0 Å². The average molecular weight is 228 g/mol. The van der Waals surface area contributed by atoms with E-state index in [1.165, 1.54) is 0 Å². The third kappa shape index (κ3) is 3.13. The van der Waals surface area contributed by atoms with Gasteiger partial charge in [0.15, 0.2) is 0 Å². The number of hydrogen-bond donors (Lipinski definition) is 1. The predicted octanol–water partition coefficient (Wildman–Crippen LogP) is 2.65. The van der Waals surface area contributed by atoms with Crippen LogP contribution in [-0.2, 0) is 4.79 Å². The molecule has 0 saturated heterocycles. The number of hydrogen-bond acceptors (Lipinski definition) is 2. The van der Waals surface area contributed by atoms with Crippen molar-refractivity contribution in [3.63, 3.8) is 0 Å². The molecule has 1 aromatic carbocycles. The molecule has 0 aliphatic rings. The Kier molecular flexibility index (Phi) is 4.43. The zero-order valence-electron chi connectivity index (χ0n) is 8.79. The summed E-state index contributed by atoms with van der Waals surface area (Å²) in [7, 11) is 1.56. The molecule has 0 bridgehead atoms. The Balaban J connectivity index is 2.76. The molecule has 3 nitrogen and oxygen atoms in total. The van der Waals surface area contributed by atoms with Crippen LogP contribution in [0.5, 0.6) is 5.75 Å². The molecular weight excluding hydrogens is 214 g/mol. The van der Waals surface area contributed by atoms with Gasteiger partial charge >= 0.3 is 0 Å². The zero-order chi connectivity index (χ0) is 11.3. The van der Waals surface area contributed by atoms with E-state index in [0.717, 1.165) is 0 Å². The van der Waals surface area contributed by atoms with Crippen LogP contribution in [0.4, 0.5) is 5.69 Å². The van der Waals surface area contributed by atoms with E-state index in [9.17, 15) is 4.79 Å². The molecule has 0 aromatic heterocycles. The first-order chi connectivity index (χ1) is 7.19. The Labute approximate surface area is 94.4 Å². The molecule has 1 unspecified atom stereocenters. The minimum Gasteiger partial charge on any atom is -0.495 e. The van der Waals surface area contributed by atoms with E-state index >= 15 is 0 Å². The van der Waals surface area contributed by atoms with E-state index in [0.29, 0.717) is 17.9 Å². The first kappa shape index (κ1) is 11.9. The normalized spacial score (nSPS) is 11.9. The summed E-state index contributed by atoms with van der Waals surface area (Å²) in [6, 6.07) is 7.22. The number of anilines is 1. The maximum Gasteiger partial charge on any atom is 0.242 e. The van der Waals surface area contributed by atoms with Crippen LogP contribution in [0.2, 0.25) is 0 Å². The molecule has 0 radical (unpaired) electrons. The molecule has 1 N–H and O–H groups in total. The van der Waals surface area contributed by atoms with E-state index in [1.807, 2.05) is 19.1 Å². The van der Waals surface area contributed by atoms with Crippen molar-refractivity contribution in [1.82, 2.24) is 0 Å². The monoisotopic (exact) mass is 227 g/mol. The third-order valence-electron chi connectivity index (χ3n) is 2.01. The van der Waals surface area contributed by atoms with Crippen molar-refractivity contribution in [2.24, 2.45) is 0 Å². The number of ether oxygens (including phenoxy) is 1. The lowest BCUT2D eigenvalue weighted by molar-refractivity contribution is -0.115. The maximum atomic E-state index is 11.5. The van der Waals surface area contributed by atoms with Crippen molar-refractivity contribution in [3.05, 3.63) is 24.3 Å². The Bertz CT molecular complexity index is 341. The molecule has 82 valence electrons. The minimum absolute atomic E-state index is 0.205. The van der Waals surface area contributed by atoms with Gasteiger partial charge in [0.05, 0.1) is 12.8 Å². The largest absolute Gasteiger partial charge is 0.495 e. The van der Waals surface area contributed by atoms with Gasteiger partial charge in [0.25, 0.3) is 0 Å². The fourth-order valence-electron chi connectivity index (χ4n) is 1.14. The van der Waals surface area contributed by atoms with Gasteiger partial charge in [-0.05, 0) is 18.6 Å². The summed E-state index contributed by atoms with van der Waals surface area (Å²) in [6.45, 7) is 1.86. The summed E-state index contributed by atoms with van der Waals surface area (Å²) < 4.78 is 5.10. The molecular formula is C11H14ClNO2. The van der Waals surface area contributed by atoms with E-state index < -0.39 is 5.38 Å². The second kappa shape index (κ2) is 5.61. The molecule has 0 heterocycles. The smallest absolute Gasteiger partial charge is 0.242 e. The van der Waals surface area contributed by atoms with Gasteiger partial charge in [0.2, 0.25) is 5.91 Å². The Morgan fingerprint density at radius 1 is 1.53 bits per heavy atom. The topological polar surface area (TPSA) is 38.3 Å². The summed E-state index contributed by atoms with van der Waals surface area (Å²) in [5.41, 5.74) is 0.643. The minimum atomic E-state index is -0.505. The van der Waals surface area contributed by atoms with Gasteiger partial charge in [-0.3, -0.25) is 4.79 Å². The van der Waals surface area contributed by atoms with Gasteiger partial charge in [-0.1, -0.05) is 19.1 Å². The Morgan fingerprint density at radius 3 is 2.80 bits per heavy atom. The first-order valence-corrected chi connectivity index (χ1v) is 5.20. The third-order valence-corrected chi connectivity index (χ3v) is 2.51. The quantitative estimate of drug-likeness (QED) is 0.804.